The fourth-order valence-electron chi connectivity index (χ4n) is 1.76. The monoisotopic (exact) mass is 267 g/mol. The zero-order chi connectivity index (χ0) is 13.9. The molecular formula is C15H25NO3. The summed E-state index contributed by atoms with van der Waals surface area (Å²) in [6.07, 6.45) is 1.12. The second-order valence-electron chi connectivity index (χ2n) is 4.47. The van der Waals surface area contributed by atoms with Crippen molar-refractivity contribution in [2.75, 3.05) is 33.0 Å². The zero-order valence-electron chi connectivity index (χ0n) is 11.9. The molecule has 1 rings (SSSR count). The molecular weight excluding hydrogens is 242 g/mol. The van der Waals surface area contributed by atoms with Crippen LogP contribution in [0.2, 0.25) is 0 Å². The smallest absolute Gasteiger partial charge is 0.123 e. The highest BCUT2D eigenvalue weighted by molar-refractivity contribution is 5.36. The molecule has 0 fully saturated rings. The number of hydrogen-bond acceptors (Lipinski definition) is 4. The van der Waals surface area contributed by atoms with Crippen molar-refractivity contribution in [3.8, 4) is 5.75 Å². The van der Waals surface area contributed by atoms with E-state index in [-0.39, 0.29) is 6.61 Å². The van der Waals surface area contributed by atoms with Crippen LogP contribution in [0.5, 0.6) is 5.75 Å². The lowest BCUT2D eigenvalue weighted by Gasteiger charge is -2.13. The first-order valence-corrected chi connectivity index (χ1v) is 6.89. The number of benzene rings is 1. The Balaban J connectivity index is 2.45. The largest absolute Gasteiger partial charge is 0.491 e. The summed E-state index contributed by atoms with van der Waals surface area (Å²) in [5.41, 5.74) is 2.41. The van der Waals surface area contributed by atoms with Crippen LogP contribution < -0.4 is 10.1 Å². The summed E-state index contributed by atoms with van der Waals surface area (Å²) in [4.78, 5) is 0. The van der Waals surface area contributed by atoms with Gasteiger partial charge in [0.15, 0.2) is 0 Å². The van der Waals surface area contributed by atoms with Crippen molar-refractivity contribution < 1.29 is 14.6 Å². The molecule has 0 aliphatic heterocycles. The van der Waals surface area contributed by atoms with Gasteiger partial charge in [-0.05, 0) is 26.0 Å². The number of hydrogen-bond donors (Lipinski definition) is 2. The molecule has 0 atom stereocenters. The van der Waals surface area contributed by atoms with Crippen molar-refractivity contribution in [3.05, 3.63) is 29.3 Å². The summed E-state index contributed by atoms with van der Waals surface area (Å²) in [5.74, 6) is 0.904. The third-order valence-electron chi connectivity index (χ3n) is 2.68. The number of aliphatic hydroxyl groups is 1. The van der Waals surface area contributed by atoms with Gasteiger partial charge in [0.2, 0.25) is 0 Å². The number of rotatable bonds is 10. The first-order valence-electron chi connectivity index (χ1n) is 6.89. The first-order chi connectivity index (χ1) is 9.27. The second-order valence-corrected chi connectivity index (χ2v) is 4.47. The average molecular weight is 267 g/mol. The summed E-state index contributed by atoms with van der Waals surface area (Å²) in [5, 5.41) is 12.0. The van der Waals surface area contributed by atoms with Crippen LogP contribution in [0, 0.1) is 6.92 Å². The quantitative estimate of drug-likeness (QED) is 0.636. The molecule has 4 heteroatoms. The van der Waals surface area contributed by atoms with Crippen LogP contribution in [0.25, 0.3) is 0 Å². The first kappa shape index (κ1) is 16.0. The number of aliphatic hydroxyl groups excluding tert-OH is 1. The Labute approximate surface area is 115 Å². The minimum atomic E-state index is 0.0523. The highest BCUT2D eigenvalue weighted by Crippen LogP contribution is 2.19. The van der Waals surface area contributed by atoms with Crippen molar-refractivity contribution in [1.29, 1.82) is 0 Å². The van der Waals surface area contributed by atoms with Crippen molar-refractivity contribution >= 4 is 0 Å². The summed E-state index contributed by atoms with van der Waals surface area (Å²) in [6, 6.07) is 6.20. The lowest BCUT2D eigenvalue weighted by molar-refractivity contribution is 0.0703. The molecule has 0 aromatic heterocycles. The van der Waals surface area contributed by atoms with E-state index in [1.807, 2.05) is 12.1 Å². The molecule has 0 saturated carbocycles. The van der Waals surface area contributed by atoms with E-state index >= 15 is 0 Å². The Kier molecular flexibility index (Phi) is 8.21. The van der Waals surface area contributed by atoms with Gasteiger partial charge < -0.3 is 19.9 Å². The molecule has 0 aliphatic carbocycles. The highest BCUT2D eigenvalue weighted by Gasteiger charge is 2.04. The van der Waals surface area contributed by atoms with E-state index in [1.54, 1.807) is 0 Å². The Bertz CT molecular complexity index is 355. The van der Waals surface area contributed by atoms with Crippen LogP contribution >= 0.6 is 0 Å². The van der Waals surface area contributed by atoms with Crippen molar-refractivity contribution in [2.24, 2.45) is 0 Å². The molecule has 0 amide bonds. The Morgan fingerprint density at radius 2 is 2.05 bits per heavy atom. The third kappa shape index (κ3) is 6.57. The van der Waals surface area contributed by atoms with Crippen LogP contribution in [-0.2, 0) is 11.3 Å². The number of aryl methyl sites for hydroxylation is 1. The van der Waals surface area contributed by atoms with Crippen LogP contribution in [0.15, 0.2) is 18.2 Å². The van der Waals surface area contributed by atoms with Crippen molar-refractivity contribution in [1.82, 2.24) is 5.32 Å². The highest BCUT2D eigenvalue weighted by atomic mass is 16.5. The van der Waals surface area contributed by atoms with Crippen LogP contribution in [0.3, 0.4) is 0 Å². The van der Waals surface area contributed by atoms with Crippen LogP contribution in [0.1, 0.15) is 24.5 Å². The van der Waals surface area contributed by atoms with Gasteiger partial charge in [-0.1, -0.05) is 24.6 Å². The number of ether oxygens (including phenoxy) is 2. The Hall–Kier alpha value is -1.10. The van der Waals surface area contributed by atoms with E-state index in [2.05, 4.69) is 25.2 Å². The van der Waals surface area contributed by atoms with Gasteiger partial charge in [0.25, 0.3) is 0 Å². The third-order valence-corrected chi connectivity index (χ3v) is 2.68. The molecule has 1 aromatic rings. The predicted octanol–water partition coefficient (Wildman–Crippen LogP) is 1.88. The van der Waals surface area contributed by atoms with Gasteiger partial charge in [-0.25, -0.2) is 0 Å². The summed E-state index contributed by atoms with van der Waals surface area (Å²) < 4.78 is 10.9. The molecule has 0 bridgehead atoms. The lowest BCUT2D eigenvalue weighted by Crippen LogP contribution is -2.16. The molecule has 19 heavy (non-hydrogen) atoms. The lowest BCUT2D eigenvalue weighted by atomic mass is 10.1. The van der Waals surface area contributed by atoms with E-state index in [0.29, 0.717) is 19.8 Å². The second kappa shape index (κ2) is 9.78. The Morgan fingerprint density at radius 3 is 2.79 bits per heavy atom. The van der Waals surface area contributed by atoms with Crippen LogP contribution in [-0.4, -0.2) is 38.1 Å². The fraction of sp³-hybridized carbons (Fsp3) is 0.600. The van der Waals surface area contributed by atoms with Crippen molar-refractivity contribution in [3.63, 3.8) is 0 Å². The van der Waals surface area contributed by atoms with E-state index in [0.717, 1.165) is 25.3 Å². The molecule has 0 radical (unpaired) electrons. The van der Waals surface area contributed by atoms with Gasteiger partial charge in [-0.2, -0.15) is 0 Å². The predicted molar refractivity (Wildman–Crippen MR) is 76.6 cm³/mol. The van der Waals surface area contributed by atoms with Crippen molar-refractivity contribution in [2.45, 2.75) is 26.8 Å². The molecule has 108 valence electrons. The molecule has 0 aliphatic rings. The van der Waals surface area contributed by atoms with Gasteiger partial charge in [0.05, 0.1) is 19.8 Å². The minimum absolute atomic E-state index is 0.0523. The molecule has 0 saturated heterocycles. The molecule has 0 heterocycles. The molecule has 4 nitrogen and oxygen atoms in total. The molecule has 1 aromatic carbocycles. The summed E-state index contributed by atoms with van der Waals surface area (Å²) >= 11 is 0. The standard InChI is InChI=1S/C15H25NO3/c1-3-6-16-12-14-11-13(2)4-5-15(14)19-10-9-18-8-7-17/h4-5,11,16-17H,3,6-10,12H2,1-2H3. The molecule has 2 N–H and O–H groups in total. The zero-order valence-corrected chi connectivity index (χ0v) is 11.9. The van der Waals surface area contributed by atoms with Gasteiger partial charge in [-0.15, -0.1) is 0 Å². The molecule has 0 unspecified atom stereocenters. The number of nitrogens with one attached hydrogen (secondary N) is 1. The summed E-state index contributed by atoms with van der Waals surface area (Å²) in [7, 11) is 0. The average Bonchev–Trinajstić information content (AvgIpc) is 2.41. The van der Waals surface area contributed by atoms with E-state index in [9.17, 15) is 0 Å². The van der Waals surface area contributed by atoms with Gasteiger partial charge in [0.1, 0.15) is 12.4 Å². The van der Waals surface area contributed by atoms with E-state index in [1.165, 1.54) is 11.1 Å². The molecule has 0 spiro atoms. The maximum Gasteiger partial charge on any atom is 0.123 e. The van der Waals surface area contributed by atoms with Gasteiger partial charge >= 0.3 is 0 Å². The normalized spacial score (nSPS) is 10.7. The van der Waals surface area contributed by atoms with Gasteiger partial charge in [0, 0.05) is 12.1 Å². The van der Waals surface area contributed by atoms with E-state index < -0.39 is 0 Å². The summed E-state index contributed by atoms with van der Waals surface area (Å²) in [6.45, 7) is 7.48. The minimum Gasteiger partial charge on any atom is -0.491 e. The SMILES string of the molecule is CCCNCc1cc(C)ccc1OCCOCCO. The topological polar surface area (TPSA) is 50.7 Å². The maximum atomic E-state index is 8.60. The van der Waals surface area contributed by atoms with Gasteiger partial charge in [-0.3, -0.25) is 0 Å². The maximum absolute atomic E-state index is 8.60. The van der Waals surface area contributed by atoms with Crippen LogP contribution in [0.4, 0.5) is 0 Å². The van der Waals surface area contributed by atoms with E-state index in [4.69, 9.17) is 14.6 Å². The fourth-order valence-corrected chi connectivity index (χ4v) is 1.76. The Morgan fingerprint density at radius 1 is 1.21 bits per heavy atom.